The van der Waals surface area contributed by atoms with E-state index in [1.807, 2.05) is 0 Å². The van der Waals surface area contributed by atoms with Gasteiger partial charge < -0.3 is 10.5 Å². The Kier molecular flexibility index (Phi) is 5.65. The highest BCUT2D eigenvalue weighted by Crippen LogP contribution is 1.74. The van der Waals surface area contributed by atoms with E-state index in [9.17, 15) is 0 Å². The average molecular weight is 113 g/mol. The fourth-order valence-corrected chi connectivity index (χ4v) is 0.275. The number of hydrogen-bond donors (Lipinski definition) is 1. The zero-order chi connectivity index (χ0) is 6.24. The molecule has 0 amide bonds. The molecule has 0 aromatic carbocycles. The zero-order valence-corrected chi connectivity index (χ0v) is 4.84. The summed E-state index contributed by atoms with van der Waals surface area (Å²) < 4.78 is 4.94. The van der Waals surface area contributed by atoms with E-state index >= 15 is 0 Å². The summed E-state index contributed by atoms with van der Waals surface area (Å²) in [5.74, 6) is 0. The summed E-state index contributed by atoms with van der Waals surface area (Å²) in [6.45, 7) is 4.64. The molecule has 0 saturated heterocycles. The van der Waals surface area contributed by atoms with Crippen molar-refractivity contribution < 1.29 is 4.74 Å². The third-order valence-corrected chi connectivity index (χ3v) is 0.586. The third-order valence-electron chi connectivity index (χ3n) is 0.586. The molecule has 0 spiro atoms. The molecule has 0 aliphatic rings. The van der Waals surface area contributed by atoms with E-state index in [2.05, 4.69) is 6.58 Å². The SMILES string of the molecule is C=CCOCC=CN. The van der Waals surface area contributed by atoms with Crippen molar-refractivity contribution in [3.63, 3.8) is 0 Å². The Labute approximate surface area is 49.6 Å². The highest BCUT2D eigenvalue weighted by Gasteiger charge is 1.72. The lowest BCUT2D eigenvalue weighted by Crippen LogP contribution is -1.90. The predicted octanol–water partition coefficient (Wildman–Crippen LogP) is 0.661. The van der Waals surface area contributed by atoms with Crippen LogP contribution in [0.5, 0.6) is 0 Å². The molecule has 0 aliphatic carbocycles. The van der Waals surface area contributed by atoms with E-state index in [1.165, 1.54) is 6.20 Å². The molecule has 0 heterocycles. The number of hydrogen-bond acceptors (Lipinski definition) is 2. The summed E-state index contributed by atoms with van der Waals surface area (Å²) in [6, 6.07) is 0. The summed E-state index contributed by atoms with van der Waals surface area (Å²) in [7, 11) is 0. The summed E-state index contributed by atoms with van der Waals surface area (Å²) in [6.07, 6.45) is 4.90. The Morgan fingerprint density at radius 3 is 2.75 bits per heavy atom. The molecule has 2 heteroatoms. The van der Waals surface area contributed by atoms with Crippen LogP contribution in [0.4, 0.5) is 0 Å². The van der Waals surface area contributed by atoms with Crippen LogP contribution in [-0.4, -0.2) is 13.2 Å². The quantitative estimate of drug-likeness (QED) is 0.429. The van der Waals surface area contributed by atoms with Gasteiger partial charge in [-0.05, 0) is 12.3 Å². The van der Waals surface area contributed by atoms with Crippen LogP contribution in [0, 0.1) is 0 Å². The van der Waals surface area contributed by atoms with Crippen LogP contribution in [0.2, 0.25) is 0 Å². The van der Waals surface area contributed by atoms with Crippen molar-refractivity contribution in [2.75, 3.05) is 13.2 Å². The first-order chi connectivity index (χ1) is 3.91. The van der Waals surface area contributed by atoms with Crippen molar-refractivity contribution in [2.24, 2.45) is 5.73 Å². The number of nitrogens with two attached hydrogens (primary N) is 1. The Morgan fingerprint density at radius 2 is 2.25 bits per heavy atom. The van der Waals surface area contributed by atoms with Gasteiger partial charge in [0.2, 0.25) is 0 Å². The van der Waals surface area contributed by atoms with Crippen LogP contribution >= 0.6 is 0 Å². The Morgan fingerprint density at radius 1 is 1.50 bits per heavy atom. The molecule has 0 rings (SSSR count). The maximum Gasteiger partial charge on any atom is 0.0668 e. The maximum atomic E-state index is 5.02. The zero-order valence-electron chi connectivity index (χ0n) is 4.84. The van der Waals surface area contributed by atoms with Crippen LogP contribution in [0.3, 0.4) is 0 Å². The van der Waals surface area contributed by atoms with Gasteiger partial charge in [0.1, 0.15) is 0 Å². The van der Waals surface area contributed by atoms with Crippen LogP contribution < -0.4 is 5.73 Å². The van der Waals surface area contributed by atoms with Crippen LogP contribution in [0.25, 0.3) is 0 Å². The molecule has 0 atom stereocenters. The summed E-state index contributed by atoms with van der Waals surface area (Å²) in [5, 5.41) is 0. The molecular weight excluding hydrogens is 102 g/mol. The first kappa shape index (κ1) is 7.24. The molecule has 0 saturated carbocycles. The molecule has 0 fully saturated rings. The minimum Gasteiger partial charge on any atom is -0.405 e. The molecule has 2 nitrogen and oxygen atoms in total. The Bertz CT molecular complexity index is 78.6. The van der Waals surface area contributed by atoms with E-state index in [0.29, 0.717) is 13.2 Å². The lowest BCUT2D eigenvalue weighted by Gasteiger charge is -1.90. The van der Waals surface area contributed by atoms with Gasteiger partial charge in [-0.1, -0.05) is 6.08 Å². The van der Waals surface area contributed by atoms with E-state index in [4.69, 9.17) is 10.5 Å². The van der Waals surface area contributed by atoms with Crippen molar-refractivity contribution in [3.8, 4) is 0 Å². The fourth-order valence-electron chi connectivity index (χ4n) is 0.275. The van der Waals surface area contributed by atoms with Crippen LogP contribution in [0.1, 0.15) is 0 Å². The van der Waals surface area contributed by atoms with Crippen molar-refractivity contribution in [1.82, 2.24) is 0 Å². The predicted molar refractivity (Wildman–Crippen MR) is 34.3 cm³/mol. The van der Waals surface area contributed by atoms with Gasteiger partial charge in [0.05, 0.1) is 13.2 Å². The minimum absolute atomic E-state index is 0.572. The van der Waals surface area contributed by atoms with E-state index < -0.39 is 0 Å². The highest BCUT2D eigenvalue weighted by atomic mass is 16.5. The standard InChI is InChI=1S/C6H11NO/c1-2-5-8-6-3-4-7/h2-4H,1,5-7H2. The van der Waals surface area contributed by atoms with E-state index in [-0.39, 0.29) is 0 Å². The summed E-state index contributed by atoms with van der Waals surface area (Å²) in [5.41, 5.74) is 5.02. The second-order valence-electron chi connectivity index (χ2n) is 1.25. The average Bonchev–Trinajstić information content (AvgIpc) is 1.81. The van der Waals surface area contributed by atoms with E-state index in [1.54, 1.807) is 12.2 Å². The molecule has 0 aromatic rings. The van der Waals surface area contributed by atoms with Crippen molar-refractivity contribution in [2.45, 2.75) is 0 Å². The van der Waals surface area contributed by atoms with Gasteiger partial charge in [-0.2, -0.15) is 0 Å². The topological polar surface area (TPSA) is 35.2 Å². The minimum atomic E-state index is 0.572. The maximum absolute atomic E-state index is 5.02. The third kappa shape index (κ3) is 5.24. The first-order valence-electron chi connectivity index (χ1n) is 2.47. The van der Waals surface area contributed by atoms with E-state index in [0.717, 1.165) is 0 Å². The molecule has 0 unspecified atom stereocenters. The van der Waals surface area contributed by atoms with Crippen LogP contribution in [-0.2, 0) is 4.74 Å². The largest absolute Gasteiger partial charge is 0.405 e. The lowest BCUT2D eigenvalue weighted by molar-refractivity contribution is 0.194. The van der Waals surface area contributed by atoms with Crippen molar-refractivity contribution >= 4 is 0 Å². The van der Waals surface area contributed by atoms with Gasteiger partial charge in [-0.25, -0.2) is 0 Å². The fraction of sp³-hybridized carbons (Fsp3) is 0.333. The normalized spacial score (nSPS) is 10.0. The smallest absolute Gasteiger partial charge is 0.0668 e. The van der Waals surface area contributed by atoms with Crippen molar-refractivity contribution in [1.29, 1.82) is 0 Å². The molecule has 46 valence electrons. The first-order valence-corrected chi connectivity index (χ1v) is 2.47. The second-order valence-corrected chi connectivity index (χ2v) is 1.25. The lowest BCUT2D eigenvalue weighted by atomic mass is 10.6. The monoisotopic (exact) mass is 113 g/mol. The van der Waals surface area contributed by atoms with Gasteiger partial charge in [0, 0.05) is 0 Å². The Hall–Kier alpha value is -0.760. The van der Waals surface area contributed by atoms with Gasteiger partial charge in [-0.3, -0.25) is 0 Å². The van der Waals surface area contributed by atoms with Crippen molar-refractivity contribution in [3.05, 3.63) is 24.9 Å². The molecule has 0 bridgehead atoms. The van der Waals surface area contributed by atoms with Gasteiger partial charge in [-0.15, -0.1) is 6.58 Å². The molecular formula is C6H11NO. The number of rotatable bonds is 4. The van der Waals surface area contributed by atoms with Crippen LogP contribution in [0.15, 0.2) is 24.9 Å². The second kappa shape index (κ2) is 6.24. The summed E-state index contributed by atoms with van der Waals surface area (Å²) in [4.78, 5) is 0. The molecule has 0 aliphatic heterocycles. The Balaban J connectivity index is 2.82. The number of ether oxygens (including phenoxy) is 1. The molecule has 2 N–H and O–H groups in total. The molecule has 0 aromatic heterocycles. The summed E-state index contributed by atoms with van der Waals surface area (Å²) >= 11 is 0. The molecule has 0 radical (unpaired) electrons. The van der Waals surface area contributed by atoms with Gasteiger partial charge in [0.15, 0.2) is 0 Å². The van der Waals surface area contributed by atoms with Gasteiger partial charge >= 0.3 is 0 Å². The van der Waals surface area contributed by atoms with Gasteiger partial charge in [0.25, 0.3) is 0 Å². The highest BCUT2D eigenvalue weighted by molar-refractivity contribution is 4.75. The molecule has 8 heavy (non-hydrogen) atoms.